The largest absolute Gasteiger partial charge is 0.354 e. The van der Waals surface area contributed by atoms with Gasteiger partial charge >= 0.3 is 0 Å². The van der Waals surface area contributed by atoms with Crippen molar-refractivity contribution in [2.24, 2.45) is 0 Å². The number of nitrogens with zero attached hydrogens (tertiary/aromatic N) is 5. The van der Waals surface area contributed by atoms with Gasteiger partial charge in [-0.15, -0.1) is 10.2 Å². The van der Waals surface area contributed by atoms with E-state index >= 15 is 0 Å². The third kappa shape index (κ3) is 5.05. The van der Waals surface area contributed by atoms with Crippen molar-refractivity contribution in [3.05, 3.63) is 29.4 Å². The van der Waals surface area contributed by atoms with Gasteiger partial charge in [0.15, 0.2) is 0 Å². The van der Waals surface area contributed by atoms with Crippen LogP contribution in [0.3, 0.4) is 0 Å². The van der Waals surface area contributed by atoms with Crippen molar-refractivity contribution in [1.82, 2.24) is 20.1 Å². The zero-order chi connectivity index (χ0) is 19.2. The molecule has 1 saturated carbocycles. The third-order valence-electron chi connectivity index (χ3n) is 5.64. The maximum Gasteiger partial charge on any atom is 0.227 e. The van der Waals surface area contributed by atoms with Crippen molar-refractivity contribution in [2.45, 2.75) is 44.4 Å². The third-order valence-corrected chi connectivity index (χ3v) is 6.64. The van der Waals surface area contributed by atoms with Crippen LogP contribution in [0.2, 0.25) is 0 Å². The molecule has 2 aliphatic rings. The quantitative estimate of drug-likeness (QED) is 0.803. The van der Waals surface area contributed by atoms with E-state index in [4.69, 9.17) is 0 Å². The van der Waals surface area contributed by atoms with Crippen LogP contribution in [0.4, 0.5) is 10.9 Å². The molecule has 2 aromatic rings. The van der Waals surface area contributed by atoms with Gasteiger partial charge < -0.3 is 10.2 Å². The van der Waals surface area contributed by atoms with Crippen molar-refractivity contribution in [1.29, 1.82) is 0 Å². The smallest absolute Gasteiger partial charge is 0.227 e. The Morgan fingerprint density at radius 1 is 1.11 bits per heavy atom. The van der Waals surface area contributed by atoms with E-state index in [2.05, 4.69) is 30.3 Å². The molecule has 1 saturated heterocycles. The van der Waals surface area contributed by atoms with Crippen LogP contribution in [0.25, 0.3) is 0 Å². The normalized spacial score (nSPS) is 18.9. The summed E-state index contributed by atoms with van der Waals surface area (Å²) in [7, 11) is 0. The van der Waals surface area contributed by atoms with E-state index in [-0.39, 0.29) is 5.91 Å². The molecule has 1 aliphatic carbocycles. The van der Waals surface area contributed by atoms with Crippen molar-refractivity contribution in [2.75, 3.05) is 42.9 Å². The second kappa shape index (κ2) is 9.43. The summed E-state index contributed by atoms with van der Waals surface area (Å²) in [6, 6.07) is 6.01. The number of carbonyl (C=O) groups is 1. The topological polar surface area (TPSA) is 74.2 Å². The predicted molar refractivity (Wildman–Crippen MR) is 112 cm³/mol. The Labute approximate surface area is 170 Å². The molecule has 8 heteroatoms. The fourth-order valence-corrected chi connectivity index (χ4v) is 4.91. The lowest BCUT2D eigenvalue weighted by molar-refractivity contribution is -0.116. The first kappa shape index (κ1) is 19.3. The molecule has 7 nitrogen and oxygen atoms in total. The lowest BCUT2D eigenvalue weighted by atomic mass is 9.90. The van der Waals surface area contributed by atoms with Crippen LogP contribution in [0, 0.1) is 0 Å². The van der Waals surface area contributed by atoms with Gasteiger partial charge in [-0.1, -0.05) is 36.7 Å². The average Bonchev–Trinajstić information content (AvgIpc) is 3.22. The highest BCUT2D eigenvalue weighted by Crippen LogP contribution is 2.35. The minimum absolute atomic E-state index is 0.0264. The van der Waals surface area contributed by atoms with Crippen molar-refractivity contribution < 1.29 is 4.79 Å². The van der Waals surface area contributed by atoms with E-state index in [1.807, 2.05) is 24.4 Å². The molecule has 1 aliphatic heterocycles. The molecule has 0 unspecified atom stereocenters. The van der Waals surface area contributed by atoms with E-state index in [1.54, 1.807) is 11.3 Å². The second-order valence-corrected chi connectivity index (χ2v) is 8.60. The Bertz CT molecular complexity index is 753. The van der Waals surface area contributed by atoms with Gasteiger partial charge in [0.1, 0.15) is 10.8 Å². The molecule has 28 heavy (non-hydrogen) atoms. The highest BCUT2D eigenvalue weighted by Gasteiger charge is 2.21. The summed E-state index contributed by atoms with van der Waals surface area (Å²) < 4.78 is 0. The number of nitrogens with one attached hydrogen (secondary N) is 1. The molecule has 0 atom stereocenters. The average molecular weight is 401 g/mol. The molecular weight excluding hydrogens is 372 g/mol. The standard InChI is InChI=1S/C20H28N6OS/c27-18(22-20-24-23-19(28-20)16-6-2-1-3-7-16)9-11-25-12-14-26(15-13-25)17-8-4-5-10-21-17/h4-5,8,10,16H,1-3,6-7,9,11-15H2,(H,22,24,27). The van der Waals surface area contributed by atoms with Crippen molar-refractivity contribution in [3.8, 4) is 0 Å². The maximum atomic E-state index is 12.3. The fraction of sp³-hybridized carbons (Fsp3) is 0.600. The van der Waals surface area contributed by atoms with Crippen LogP contribution in [0.1, 0.15) is 49.5 Å². The van der Waals surface area contributed by atoms with Crippen molar-refractivity contribution in [3.63, 3.8) is 0 Å². The van der Waals surface area contributed by atoms with Gasteiger partial charge in [-0.25, -0.2) is 4.98 Å². The second-order valence-electron chi connectivity index (χ2n) is 7.60. The number of piperazine rings is 1. The zero-order valence-corrected chi connectivity index (χ0v) is 17.0. The number of hydrogen-bond donors (Lipinski definition) is 1. The lowest BCUT2D eigenvalue weighted by Gasteiger charge is -2.35. The summed E-state index contributed by atoms with van der Waals surface area (Å²) in [5.74, 6) is 1.59. The summed E-state index contributed by atoms with van der Waals surface area (Å²) in [4.78, 5) is 21.4. The molecule has 0 radical (unpaired) electrons. The molecule has 0 spiro atoms. The minimum atomic E-state index is 0.0264. The first-order chi connectivity index (χ1) is 13.8. The SMILES string of the molecule is O=C(CCN1CCN(c2ccccn2)CC1)Nc1nnc(C2CCCCC2)s1. The number of hydrogen-bond acceptors (Lipinski definition) is 7. The Kier molecular flexibility index (Phi) is 6.49. The molecular formula is C20H28N6OS. The minimum Gasteiger partial charge on any atom is -0.354 e. The molecule has 1 N–H and O–H groups in total. The first-order valence-electron chi connectivity index (χ1n) is 10.3. The summed E-state index contributed by atoms with van der Waals surface area (Å²) in [6.07, 6.45) is 8.61. The van der Waals surface area contributed by atoms with E-state index in [0.717, 1.165) is 43.5 Å². The van der Waals surface area contributed by atoms with E-state index in [1.165, 1.54) is 32.1 Å². The van der Waals surface area contributed by atoms with Crippen LogP contribution in [-0.2, 0) is 4.79 Å². The van der Waals surface area contributed by atoms with Gasteiger partial charge in [-0.3, -0.25) is 9.69 Å². The monoisotopic (exact) mass is 400 g/mol. The molecule has 4 rings (SSSR count). The molecule has 2 aromatic heterocycles. The molecule has 0 aromatic carbocycles. The van der Waals surface area contributed by atoms with Gasteiger partial charge in [-0.05, 0) is 25.0 Å². The highest BCUT2D eigenvalue weighted by atomic mass is 32.1. The lowest BCUT2D eigenvalue weighted by Crippen LogP contribution is -2.47. The van der Waals surface area contributed by atoms with Crippen molar-refractivity contribution >= 4 is 28.2 Å². The van der Waals surface area contributed by atoms with Crippen LogP contribution in [0.5, 0.6) is 0 Å². The first-order valence-corrected chi connectivity index (χ1v) is 11.1. The predicted octanol–water partition coefficient (Wildman–Crippen LogP) is 3.13. The van der Waals surface area contributed by atoms with Crippen LogP contribution in [0.15, 0.2) is 24.4 Å². The van der Waals surface area contributed by atoms with Gasteiger partial charge in [0.2, 0.25) is 11.0 Å². The Balaban J connectivity index is 1.19. The molecule has 3 heterocycles. The summed E-state index contributed by atoms with van der Waals surface area (Å²) in [5.41, 5.74) is 0. The van der Waals surface area contributed by atoms with E-state index in [0.29, 0.717) is 17.5 Å². The zero-order valence-electron chi connectivity index (χ0n) is 16.2. The molecule has 0 bridgehead atoms. The molecule has 1 amide bonds. The van der Waals surface area contributed by atoms with Gasteiger partial charge in [-0.2, -0.15) is 0 Å². The van der Waals surface area contributed by atoms with Gasteiger partial charge in [0, 0.05) is 51.3 Å². The van der Waals surface area contributed by atoms with E-state index in [9.17, 15) is 4.79 Å². The van der Waals surface area contributed by atoms with Crippen LogP contribution in [-0.4, -0.2) is 58.7 Å². The summed E-state index contributed by atoms with van der Waals surface area (Å²) in [5, 5.41) is 13.2. The number of aromatic nitrogens is 3. The number of carbonyl (C=O) groups excluding carboxylic acids is 1. The number of pyridine rings is 1. The summed E-state index contributed by atoms with van der Waals surface area (Å²) in [6.45, 7) is 4.57. The highest BCUT2D eigenvalue weighted by molar-refractivity contribution is 7.15. The Hall–Kier alpha value is -2.06. The number of amides is 1. The summed E-state index contributed by atoms with van der Waals surface area (Å²) >= 11 is 1.55. The number of rotatable bonds is 6. The Morgan fingerprint density at radius 3 is 2.68 bits per heavy atom. The molecule has 2 fully saturated rings. The van der Waals surface area contributed by atoms with Gasteiger partial charge in [0.05, 0.1) is 0 Å². The van der Waals surface area contributed by atoms with E-state index < -0.39 is 0 Å². The van der Waals surface area contributed by atoms with Gasteiger partial charge in [0.25, 0.3) is 0 Å². The molecule has 150 valence electrons. The maximum absolute atomic E-state index is 12.3. The Morgan fingerprint density at radius 2 is 1.93 bits per heavy atom. The van der Waals surface area contributed by atoms with Crippen LogP contribution >= 0.6 is 11.3 Å². The number of anilines is 2. The van der Waals surface area contributed by atoms with Crippen LogP contribution < -0.4 is 10.2 Å². The fourth-order valence-electron chi connectivity index (χ4n) is 3.98.